The number of rotatable bonds is 3. The van der Waals surface area contributed by atoms with Crippen LogP contribution in [0.15, 0.2) is 30.3 Å². The molecule has 2 atom stereocenters. The van der Waals surface area contributed by atoms with Gasteiger partial charge in [-0.1, -0.05) is 36.8 Å². The Morgan fingerprint density at radius 2 is 1.71 bits per heavy atom. The minimum atomic E-state index is -0.457. The molecule has 0 bridgehead atoms. The second-order valence-electron chi connectivity index (χ2n) is 5.16. The summed E-state index contributed by atoms with van der Waals surface area (Å²) in [6, 6.07) is 10.0. The van der Waals surface area contributed by atoms with Crippen LogP contribution >= 0.6 is 0 Å². The Bertz CT molecular complexity index is 342. The molecule has 1 aliphatic rings. The lowest BCUT2D eigenvalue weighted by atomic mass is 9.93. The molecule has 1 aliphatic heterocycles. The molecule has 17 heavy (non-hydrogen) atoms. The zero-order valence-corrected chi connectivity index (χ0v) is 10.6. The molecule has 1 aromatic rings. The Kier molecular flexibility index (Phi) is 3.82. The van der Waals surface area contributed by atoms with Crippen LogP contribution in [0.4, 0.5) is 0 Å². The number of nitrogens with two attached hydrogens (primary N) is 2. The highest BCUT2D eigenvalue weighted by atomic mass is 15.3. The minimum absolute atomic E-state index is 0.137. The van der Waals surface area contributed by atoms with Crippen molar-refractivity contribution >= 4 is 0 Å². The van der Waals surface area contributed by atoms with Crippen LogP contribution < -0.4 is 11.5 Å². The van der Waals surface area contributed by atoms with E-state index >= 15 is 0 Å². The van der Waals surface area contributed by atoms with Gasteiger partial charge in [-0.05, 0) is 38.4 Å². The van der Waals surface area contributed by atoms with Crippen LogP contribution in [0.3, 0.4) is 0 Å². The molecular formula is C14H23N3. The fourth-order valence-electron chi connectivity index (χ4n) is 2.57. The smallest absolute Gasteiger partial charge is 0.0856 e. The highest BCUT2D eigenvalue weighted by Crippen LogP contribution is 2.27. The maximum Gasteiger partial charge on any atom is 0.0856 e. The summed E-state index contributed by atoms with van der Waals surface area (Å²) in [6.45, 7) is 4.18. The second kappa shape index (κ2) is 5.17. The van der Waals surface area contributed by atoms with Gasteiger partial charge in [0.2, 0.25) is 0 Å². The van der Waals surface area contributed by atoms with Gasteiger partial charge in [0.1, 0.15) is 0 Å². The average Bonchev–Trinajstić information content (AvgIpc) is 2.40. The Morgan fingerprint density at radius 3 is 2.29 bits per heavy atom. The van der Waals surface area contributed by atoms with Crippen molar-refractivity contribution in [2.45, 2.75) is 37.9 Å². The molecule has 3 nitrogen and oxygen atoms in total. The average molecular weight is 233 g/mol. The first-order valence-corrected chi connectivity index (χ1v) is 6.47. The number of piperidine rings is 1. The quantitative estimate of drug-likeness (QED) is 0.837. The molecule has 0 aliphatic carbocycles. The summed E-state index contributed by atoms with van der Waals surface area (Å²) in [5.74, 6) is 0. The van der Waals surface area contributed by atoms with Crippen molar-refractivity contribution < 1.29 is 0 Å². The summed E-state index contributed by atoms with van der Waals surface area (Å²) in [7, 11) is 0. The minimum Gasteiger partial charge on any atom is -0.321 e. The molecule has 0 saturated carbocycles. The predicted octanol–water partition coefficient (Wildman–Crippen LogP) is 1.85. The van der Waals surface area contributed by atoms with Crippen LogP contribution in [0.5, 0.6) is 0 Å². The first-order valence-electron chi connectivity index (χ1n) is 6.47. The van der Waals surface area contributed by atoms with E-state index in [0.717, 1.165) is 18.7 Å². The van der Waals surface area contributed by atoms with Gasteiger partial charge in [0, 0.05) is 0 Å². The number of likely N-dealkylation sites (tertiary alicyclic amines) is 1. The fraction of sp³-hybridized carbons (Fsp3) is 0.571. The number of hydrogen-bond acceptors (Lipinski definition) is 3. The third-order valence-corrected chi connectivity index (χ3v) is 3.83. The van der Waals surface area contributed by atoms with E-state index in [4.69, 9.17) is 11.5 Å². The van der Waals surface area contributed by atoms with Crippen LogP contribution in [0.1, 0.15) is 37.8 Å². The van der Waals surface area contributed by atoms with E-state index in [1.165, 1.54) is 19.3 Å². The lowest BCUT2D eigenvalue weighted by Gasteiger charge is -2.44. The largest absolute Gasteiger partial charge is 0.321 e. The highest BCUT2D eigenvalue weighted by Gasteiger charge is 2.35. The summed E-state index contributed by atoms with van der Waals surface area (Å²) in [5.41, 5.74) is 13.5. The van der Waals surface area contributed by atoms with E-state index in [-0.39, 0.29) is 6.04 Å². The van der Waals surface area contributed by atoms with Gasteiger partial charge in [-0.15, -0.1) is 0 Å². The monoisotopic (exact) mass is 233 g/mol. The van der Waals surface area contributed by atoms with Crippen molar-refractivity contribution in [1.29, 1.82) is 0 Å². The molecule has 0 amide bonds. The summed E-state index contributed by atoms with van der Waals surface area (Å²) in [4.78, 5) is 2.33. The van der Waals surface area contributed by atoms with Crippen molar-refractivity contribution in [1.82, 2.24) is 4.90 Å². The molecule has 0 spiro atoms. The zero-order valence-electron chi connectivity index (χ0n) is 10.6. The van der Waals surface area contributed by atoms with Gasteiger partial charge in [-0.2, -0.15) is 0 Å². The van der Waals surface area contributed by atoms with E-state index in [9.17, 15) is 0 Å². The van der Waals surface area contributed by atoms with Crippen molar-refractivity contribution in [2.24, 2.45) is 11.5 Å². The van der Waals surface area contributed by atoms with Gasteiger partial charge >= 0.3 is 0 Å². The number of benzene rings is 1. The highest BCUT2D eigenvalue weighted by molar-refractivity contribution is 5.21. The lowest BCUT2D eigenvalue weighted by Crippen LogP contribution is -2.61. The predicted molar refractivity (Wildman–Crippen MR) is 71.4 cm³/mol. The van der Waals surface area contributed by atoms with Gasteiger partial charge < -0.3 is 11.5 Å². The molecule has 0 radical (unpaired) electrons. The topological polar surface area (TPSA) is 55.3 Å². The standard InChI is InChI=1S/C14H23N3/c1-14(16,17-10-6-3-7-11-17)13(15)12-8-4-2-5-9-12/h2,4-5,8-9,13H,3,6-7,10-11,15-16H2,1H3. The molecule has 1 fully saturated rings. The van der Waals surface area contributed by atoms with E-state index in [1.807, 2.05) is 18.2 Å². The lowest BCUT2D eigenvalue weighted by molar-refractivity contribution is 0.0628. The van der Waals surface area contributed by atoms with Crippen LogP contribution in [0, 0.1) is 0 Å². The third-order valence-electron chi connectivity index (χ3n) is 3.83. The van der Waals surface area contributed by atoms with Crippen LogP contribution in [-0.2, 0) is 0 Å². The molecule has 2 unspecified atom stereocenters. The maximum absolute atomic E-state index is 6.47. The molecular weight excluding hydrogens is 210 g/mol. The number of hydrogen-bond donors (Lipinski definition) is 2. The molecule has 0 aromatic heterocycles. The molecule has 1 saturated heterocycles. The third kappa shape index (κ3) is 2.68. The van der Waals surface area contributed by atoms with Gasteiger partial charge in [-0.25, -0.2) is 0 Å². The SMILES string of the molecule is CC(N)(C(N)c1ccccc1)N1CCCCC1. The summed E-state index contributed by atoms with van der Waals surface area (Å²) >= 11 is 0. The van der Waals surface area contributed by atoms with Gasteiger partial charge in [0.15, 0.2) is 0 Å². The van der Waals surface area contributed by atoms with Crippen molar-refractivity contribution in [3.05, 3.63) is 35.9 Å². The Morgan fingerprint density at radius 1 is 1.12 bits per heavy atom. The van der Waals surface area contributed by atoms with Gasteiger partial charge in [0.25, 0.3) is 0 Å². The first kappa shape index (κ1) is 12.6. The van der Waals surface area contributed by atoms with Crippen molar-refractivity contribution in [2.75, 3.05) is 13.1 Å². The molecule has 3 heteroatoms. The van der Waals surface area contributed by atoms with Gasteiger partial charge in [0.05, 0.1) is 11.7 Å². The molecule has 4 N–H and O–H groups in total. The normalized spacial score (nSPS) is 23.0. The molecule has 1 heterocycles. The number of nitrogens with zero attached hydrogens (tertiary/aromatic N) is 1. The van der Waals surface area contributed by atoms with E-state index in [2.05, 4.69) is 24.0 Å². The molecule has 1 aromatic carbocycles. The van der Waals surface area contributed by atoms with Crippen LogP contribution in [0.2, 0.25) is 0 Å². The van der Waals surface area contributed by atoms with Crippen LogP contribution in [-0.4, -0.2) is 23.7 Å². The second-order valence-corrected chi connectivity index (χ2v) is 5.16. The van der Waals surface area contributed by atoms with Crippen molar-refractivity contribution in [3.63, 3.8) is 0 Å². The van der Waals surface area contributed by atoms with E-state index in [1.54, 1.807) is 0 Å². The Hall–Kier alpha value is -0.900. The fourth-order valence-corrected chi connectivity index (χ4v) is 2.57. The summed E-state index contributed by atoms with van der Waals surface area (Å²) in [6.07, 6.45) is 3.77. The van der Waals surface area contributed by atoms with Crippen molar-refractivity contribution in [3.8, 4) is 0 Å². The Balaban J connectivity index is 2.13. The summed E-state index contributed by atoms with van der Waals surface area (Å²) in [5, 5.41) is 0. The van der Waals surface area contributed by atoms with Gasteiger partial charge in [-0.3, -0.25) is 4.90 Å². The summed E-state index contributed by atoms with van der Waals surface area (Å²) < 4.78 is 0. The first-order chi connectivity index (χ1) is 8.12. The van der Waals surface area contributed by atoms with E-state index < -0.39 is 5.66 Å². The van der Waals surface area contributed by atoms with E-state index in [0.29, 0.717) is 0 Å². The molecule has 94 valence electrons. The van der Waals surface area contributed by atoms with Crippen LogP contribution in [0.25, 0.3) is 0 Å². The zero-order chi connectivity index (χ0) is 12.3. The molecule has 2 rings (SSSR count). The Labute approximate surface area is 104 Å². The maximum atomic E-state index is 6.47.